The lowest BCUT2D eigenvalue weighted by Crippen LogP contribution is -2.34. The summed E-state index contributed by atoms with van der Waals surface area (Å²) in [5.74, 6) is 1.04. The zero-order chi connectivity index (χ0) is 12.2. The summed E-state index contributed by atoms with van der Waals surface area (Å²) in [7, 11) is 0. The van der Waals surface area contributed by atoms with Crippen molar-refractivity contribution in [2.75, 3.05) is 31.1 Å². The van der Waals surface area contributed by atoms with Crippen LogP contribution in [0.3, 0.4) is 0 Å². The minimum Gasteiger partial charge on any atom is -0.355 e. The molecule has 4 nitrogen and oxygen atoms in total. The van der Waals surface area contributed by atoms with Crippen molar-refractivity contribution in [2.24, 2.45) is 0 Å². The number of rotatable bonds is 2. The Morgan fingerprint density at radius 2 is 1.83 bits per heavy atom. The van der Waals surface area contributed by atoms with Crippen LogP contribution < -0.4 is 4.90 Å². The first-order valence-corrected chi connectivity index (χ1v) is 7.18. The van der Waals surface area contributed by atoms with E-state index in [1.165, 1.54) is 45.2 Å². The van der Waals surface area contributed by atoms with Crippen LogP contribution in [-0.4, -0.2) is 47.1 Å². The summed E-state index contributed by atoms with van der Waals surface area (Å²) in [5, 5.41) is 0. The van der Waals surface area contributed by atoms with Crippen molar-refractivity contribution in [1.82, 2.24) is 14.9 Å². The van der Waals surface area contributed by atoms with Gasteiger partial charge < -0.3 is 9.80 Å². The molecule has 0 aliphatic carbocycles. The first-order chi connectivity index (χ1) is 8.93. The van der Waals surface area contributed by atoms with E-state index in [0.717, 1.165) is 24.9 Å². The Morgan fingerprint density at radius 1 is 0.944 bits per heavy atom. The summed E-state index contributed by atoms with van der Waals surface area (Å²) in [6, 6.07) is 0.800. The largest absolute Gasteiger partial charge is 0.355 e. The number of hydrogen-bond acceptors (Lipinski definition) is 4. The number of aromatic nitrogens is 2. The van der Waals surface area contributed by atoms with Gasteiger partial charge in [-0.1, -0.05) is 0 Å². The zero-order valence-electron chi connectivity index (χ0n) is 11.0. The standard InChI is InChI=1S/C14H22N4/c1-2-9-17(8-1)13-4-3-10-18(11-5-13)14-12-15-6-7-16-14/h6-7,12-13H,1-5,8-11H2. The van der Waals surface area contributed by atoms with Gasteiger partial charge in [0.2, 0.25) is 0 Å². The van der Waals surface area contributed by atoms with E-state index in [-0.39, 0.29) is 0 Å². The zero-order valence-corrected chi connectivity index (χ0v) is 11.0. The number of anilines is 1. The molecule has 18 heavy (non-hydrogen) atoms. The highest BCUT2D eigenvalue weighted by Crippen LogP contribution is 2.23. The third kappa shape index (κ3) is 2.64. The summed E-state index contributed by atoms with van der Waals surface area (Å²) >= 11 is 0. The second kappa shape index (κ2) is 5.65. The first-order valence-electron chi connectivity index (χ1n) is 7.18. The lowest BCUT2D eigenvalue weighted by molar-refractivity contribution is 0.225. The highest BCUT2D eigenvalue weighted by atomic mass is 15.2. The van der Waals surface area contributed by atoms with Crippen molar-refractivity contribution in [1.29, 1.82) is 0 Å². The van der Waals surface area contributed by atoms with Gasteiger partial charge >= 0.3 is 0 Å². The first kappa shape index (κ1) is 11.9. The van der Waals surface area contributed by atoms with Crippen molar-refractivity contribution in [3.05, 3.63) is 18.6 Å². The maximum Gasteiger partial charge on any atom is 0.147 e. The molecule has 0 bridgehead atoms. The van der Waals surface area contributed by atoms with E-state index in [1.54, 1.807) is 12.4 Å². The number of hydrogen-bond donors (Lipinski definition) is 0. The van der Waals surface area contributed by atoms with Crippen LogP contribution in [0.5, 0.6) is 0 Å². The SMILES string of the molecule is c1cnc(N2CCCC(N3CCCC3)CC2)cn1. The van der Waals surface area contributed by atoms with E-state index in [2.05, 4.69) is 19.8 Å². The fourth-order valence-corrected chi connectivity index (χ4v) is 3.23. The van der Waals surface area contributed by atoms with E-state index in [4.69, 9.17) is 0 Å². The van der Waals surface area contributed by atoms with Crippen molar-refractivity contribution in [2.45, 2.75) is 38.1 Å². The summed E-state index contributed by atoms with van der Waals surface area (Å²) in [4.78, 5) is 13.7. The Bertz CT molecular complexity index is 361. The lowest BCUT2D eigenvalue weighted by Gasteiger charge is -2.26. The van der Waals surface area contributed by atoms with Gasteiger partial charge in [0.05, 0.1) is 6.20 Å². The monoisotopic (exact) mass is 246 g/mol. The van der Waals surface area contributed by atoms with E-state index in [1.807, 2.05) is 6.20 Å². The molecule has 2 saturated heterocycles. The third-order valence-corrected chi connectivity index (χ3v) is 4.23. The Kier molecular flexibility index (Phi) is 3.74. The maximum atomic E-state index is 4.42. The minimum atomic E-state index is 0.800. The predicted octanol–water partition coefficient (Wildman–Crippen LogP) is 1.93. The second-order valence-corrected chi connectivity index (χ2v) is 5.38. The molecule has 1 unspecified atom stereocenters. The normalized spacial score (nSPS) is 26.2. The molecule has 2 aliphatic rings. The number of nitrogens with zero attached hydrogens (tertiary/aromatic N) is 4. The molecule has 2 aliphatic heterocycles. The highest BCUT2D eigenvalue weighted by molar-refractivity contribution is 5.35. The molecule has 0 aromatic carbocycles. The van der Waals surface area contributed by atoms with Gasteiger partial charge in [0.25, 0.3) is 0 Å². The van der Waals surface area contributed by atoms with E-state index < -0.39 is 0 Å². The minimum absolute atomic E-state index is 0.800. The van der Waals surface area contributed by atoms with Crippen LogP contribution in [0.4, 0.5) is 5.82 Å². The fourth-order valence-electron chi connectivity index (χ4n) is 3.23. The predicted molar refractivity (Wildman–Crippen MR) is 72.7 cm³/mol. The van der Waals surface area contributed by atoms with Gasteiger partial charge in [0, 0.05) is 31.5 Å². The van der Waals surface area contributed by atoms with Gasteiger partial charge in [-0.05, 0) is 45.2 Å². The Balaban J connectivity index is 1.61. The molecule has 2 fully saturated rings. The van der Waals surface area contributed by atoms with Gasteiger partial charge in [0.1, 0.15) is 5.82 Å². The van der Waals surface area contributed by atoms with Crippen LogP contribution in [0.25, 0.3) is 0 Å². The van der Waals surface area contributed by atoms with E-state index in [0.29, 0.717) is 0 Å². The molecule has 4 heteroatoms. The second-order valence-electron chi connectivity index (χ2n) is 5.38. The topological polar surface area (TPSA) is 32.3 Å². The third-order valence-electron chi connectivity index (χ3n) is 4.23. The molecular formula is C14H22N4. The Hall–Kier alpha value is -1.16. The van der Waals surface area contributed by atoms with Crippen molar-refractivity contribution < 1.29 is 0 Å². The highest BCUT2D eigenvalue weighted by Gasteiger charge is 2.24. The molecule has 0 N–H and O–H groups in total. The van der Waals surface area contributed by atoms with Gasteiger partial charge in [-0.2, -0.15) is 0 Å². The quantitative estimate of drug-likeness (QED) is 0.798. The number of likely N-dealkylation sites (tertiary alicyclic amines) is 1. The van der Waals surface area contributed by atoms with Crippen LogP contribution >= 0.6 is 0 Å². The average Bonchev–Trinajstić information content (AvgIpc) is 2.84. The van der Waals surface area contributed by atoms with Crippen LogP contribution in [0.1, 0.15) is 32.1 Å². The average molecular weight is 246 g/mol. The van der Waals surface area contributed by atoms with Gasteiger partial charge in [-0.25, -0.2) is 4.98 Å². The molecule has 0 radical (unpaired) electrons. The Morgan fingerprint density at radius 3 is 2.61 bits per heavy atom. The molecule has 3 heterocycles. The van der Waals surface area contributed by atoms with Gasteiger partial charge in [-0.15, -0.1) is 0 Å². The summed E-state index contributed by atoms with van der Waals surface area (Å²) < 4.78 is 0. The fraction of sp³-hybridized carbons (Fsp3) is 0.714. The molecule has 1 aromatic heterocycles. The molecule has 1 atom stereocenters. The summed E-state index contributed by atoms with van der Waals surface area (Å²) in [5.41, 5.74) is 0. The molecule has 98 valence electrons. The van der Waals surface area contributed by atoms with E-state index >= 15 is 0 Å². The molecule has 3 rings (SSSR count). The molecule has 1 aromatic rings. The summed E-state index contributed by atoms with van der Waals surface area (Å²) in [6.07, 6.45) is 12.1. The van der Waals surface area contributed by atoms with Gasteiger partial charge in [0.15, 0.2) is 0 Å². The van der Waals surface area contributed by atoms with Crippen LogP contribution in [0.2, 0.25) is 0 Å². The summed E-state index contributed by atoms with van der Waals surface area (Å²) in [6.45, 7) is 4.88. The van der Waals surface area contributed by atoms with Crippen molar-refractivity contribution in [3.8, 4) is 0 Å². The molecular weight excluding hydrogens is 224 g/mol. The van der Waals surface area contributed by atoms with Gasteiger partial charge in [-0.3, -0.25) is 4.98 Å². The Labute approximate surface area is 109 Å². The van der Waals surface area contributed by atoms with Crippen molar-refractivity contribution >= 4 is 5.82 Å². The van der Waals surface area contributed by atoms with Crippen LogP contribution in [0, 0.1) is 0 Å². The molecule has 0 spiro atoms. The van der Waals surface area contributed by atoms with E-state index in [9.17, 15) is 0 Å². The van der Waals surface area contributed by atoms with Crippen LogP contribution in [0.15, 0.2) is 18.6 Å². The molecule has 0 amide bonds. The van der Waals surface area contributed by atoms with Crippen LogP contribution in [-0.2, 0) is 0 Å². The smallest absolute Gasteiger partial charge is 0.147 e. The molecule has 0 saturated carbocycles. The maximum absolute atomic E-state index is 4.42. The lowest BCUT2D eigenvalue weighted by atomic mass is 10.1. The van der Waals surface area contributed by atoms with Crippen molar-refractivity contribution in [3.63, 3.8) is 0 Å².